The summed E-state index contributed by atoms with van der Waals surface area (Å²) >= 11 is 0. The molecule has 5 rings (SSSR count). The second-order valence-electron chi connectivity index (χ2n) is 7.97. The zero-order valence-corrected chi connectivity index (χ0v) is 19.3. The van der Waals surface area contributed by atoms with E-state index in [2.05, 4.69) is 14.7 Å². The minimum Gasteiger partial charge on any atom is -0.451 e. The van der Waals surface area contributed by atoms with Crippen molar-refractivity contribution in [3.63, 3.8) is 0 Å². The molecule has 0 saturated carbocycles. The van der Waals surface area contributed by atoms with Crippen molar-refractivity contribution in [3.8, 4) is 0 Å². The van der Waals surface area contributed by atoms with Crippen LogP contribution in [0.25, 0.3) is 10.9 Å². The standard InChI is InChI=1S/C24H21N5O5S/c30-23(28-11-13-29(14-12-28)24(31)20-15-34-16-26-20)18-6-8-19(9-7-18)27-35(32,33)21-5-1-3-17-4-2-10-25-22(17)21/h1-10,15-16,27H,11-14H2. The maximum Gasteiger partial charge on any atom is 0.275 e. The molecule has 0 bridgehead atoms. The number of rotatable bonds is 5. The molecule has 2 aromatic carbocycles. The third kappa shape index (κ3) is 4.58. The van der Waals surface area contributed by atoms with Crippen LogP contribution in [0.2, 0.25) is 0 Å². The number of pyridine rings is 1. The number of nitrogens with one attached hydrogen (secondary N) is 1. The number of benzene rings is 2. The highest BCUT2D eigenvalue weighted by molar-refractivity contribution is 7.93. The molecular formula is C24H21N5O5S. The van der Waals surface area contributed by atoms with Crippen molar-refractivity contribution in [1.82, 2.24) is 19.8 Å². The first kappa shape index (κ1) is 22.5. The van der Waals surface area contributed by atoms with Gasteiger partial charge in [0.25, 0.3) is 21.8 Å². The second-order valence-corrected chi connectivity index (χ2v) is 9.62. The summed E-state index contributed by atoms with van der Waals surface area (Å²) in [4.78, 5) is 36.7. The Morgan fingerprint density at radius 1 is 0.857 bits per heavy atom. The van der Waals surface area contributed by atoms with Gasteiger partial charge in [0.1, 0.15) is 11.2 Å². The number of carbonyl (C=O) groups is 2. The Balaban J connectivity index is 1.24. The van der Waals surface area contributed by atoms with Crippen molar-refractivity contribution in [1.29, 1.82) is 0 Å². The van der Waals surface area contributed by atoms with E-state index in [9.17, 15) is 18.0 Å². The van der Waals surface area contributed by atoms with E-state index in [1.165, 1.54) is 18.7 Å². The molecule has 1 aliphatic heterocycles. The van der Waals surface area contributed by atoms with Crippen molar-refractivity contribution in [2.45, 2.75) is 4.90 Å². The topological polar surface area (TPSA) is 126 Å². The Hall–Kier alpha value is -4.25. The van der Waals surface area contributed by atoms with Crippen LogP contribution in [0.5, 0.6) is 0 Å². The predicted molar refractivity (Wildman–Crippen MR) is 127 cm³/mol. The zero-order valence-electron chi connectivity index (χ0n) is 18.5. The molecule has 1 aliphatic rings. The van der Waals surface area contributed by atoms with Gasteiger partial charge in [0.15, 0.2) is 12.1 Å². The fourth-order valence-corrected chi connectivity index (χ4v) is 5.20. The maximum absolute atomic E-state index is 13.0. The number of nitrogens with zero attached hydrogens (tertiary/aromatic N) is 4. The van der Waals surface area contributed by atoms with Gasteiger partial charge in [-0.05, 0) is 36.4 Å². The zero-order chi connectivity index (χ0) is 24.4. The molecule has 11 heteroatoms. The molecule has 0 aliphatic carbocycles. The van der Waals surface area contributed by atoms with E-state index in [0.717, 1.165) is 5.39 Å². The summed E-state index contributed by atoms with van der Waals surface area (Å²) in [6.07, 6.45) is 4.05. The highest BCUT2D eigenvalue weighted by atomic mass is 32.2. The Morgan fingerprint density at radius 3 is 2.23 bits per heavy atom. The van der Waals surface area contributed by atoms with Gasteiger partial charge >= 0.3 is 0 Å². The number of fused-ring (bicyclic) bond motifs is 1. The predicted octanol–water partition coefficient (Wildman–Crippen LogP) is 2.62. The summed E-state index contributed by atoms with van der Waals surface area (Å²) in [7, 11) is -3.88. The van der Waals surface area contributed by atoms with Crippen LogP contribution < -0.4 is 4.72 Å². The molecule has 3 heterocycles. The SMILES string of the molecule is O=C(c1ccc(NS(=O)(=O)c2cccc3cccnc23)cc1)N1CCN(C(=O)c2cocn2)CC1. The lowest BCUT2D eigenvalue weighted by atomic mass is 10.1. The van der Waals surface area contributed by atoms with Crippen LogP contribution in [0.15, 0.2) is 82.8 Å². The Morgan fingerprint density at radius 2 is 1.54 bits per heavy atom. The molecule has 10 nitrogen and oxygen atoms in total. The smallest absolute Gasteiger partial charge is 0.275 e. The van der Waals surface area contributed by atoms with Crippen molar-refractivity contribution in [2.24, 2.45) is 0 Å². The lowest BCUT2D eigenvalue weighted by molar-refractivity contribution is 0.0532. The molecule has 0 unspecified atom stereocenters. The second kappa shape index (κ2) is 9.18. The number of sulfonamides is 1. The van der Waals surface area contributed by atoms with Gasteiger partial charge in [-0.1, -0.05) is 18.2 Å². The van der Waals surface area contributed by atoms with Crippen molar-refractivity contribution >= 4 is 38.4 Å². The van der Waals surface area contributed by atoms with Crippen molar-refractivity contribution in [2.75, 3.05) is 30.9 Å². The molecular weight excluding hydrogens is 470 g/mol. The van der Waals surface area contributed by atoms with Crippen LogP contribution in [0.1, 0.15) is 20.8 Å². The summed E-state index contributed by atoms with van der Waals surface area (Å²) in [5.74, 6) is -0.421. The van der Waals surface area contributed by atoms with Crippen LogP contribution in [-0.2, 0) is 10.0 Å². The van der Waals surface area contributed by atoms with Crippen molar-refractivity contribution < 1.29 is 22.4 Å². The van der Waals surface area contributed by atoms with E-state index in [4.69, 9.17) is 4.42 Å². The average molecular weight is 492 g/mol. The number of hydrogen-bond acceptors (Lipinski definition) is 7. The molecule has 178 valence electrons. The third-order valence-corrected chi connectivity index (χ3v) is 7.19. The number of amides is 2. The monoisotopic (exact) mass is 491 g/mol. The van der Waals surface area contributed by atoms with Crippen LogP contribution in [0.3, 0.4) is 0 Å². The first-order valence-electron chi connectivity index (χ1n) is 10.9. The molecule has 2 aromatic heterocycles. The van der Waals surface area contributed by atoms with Gasteiger partial charge in [-0.3, -0.25) is 19.3 Å². The fraction of sp³-hybridized carbons (Fsp3) is 0.167. The van der Waals surface area contributed by atoms with Gasteiger partial charge in [0.05, 0.1) is 5.52 Å². The summed E-state index contributed by atoms with van der Waals surface area (Å²) in [6, 6.07) is 14.8. The van der Waals surface area contributed by atoms with Crippen molar-refractivity contribution in [3.05, 3.63) is 84.7 Å². The molecule has 1 saturated heterocycles. The summed E-state index contributed by atoms with van der Waals surface area (Å²) in [5.41, 5.74) is 1.38. The van der Waals surface area contributed by atoms with Gasteiger partial charge in [0, 0.05) is 49.0 Å². The molecule has 2 amide bonds. The van der Waals surface area contributed by atoms with E-state index in [1.807, 2.05) is 0 Å². The number of oxazole rings is 1. The first-order valence-corrected chi connectivity index (χ1v) is 12.3. The normalized spacial score (nSPS) is 14.2. The lowest BCUT2D eigenvalue weighted by Gasteiger charge is -2.34. The largest absolute Gasteiger partial charge is 0.451 e. The Bertz CT molecular complexity index is 1470. The maximum atomic E-state index is 13.0. The molecule has 0 spiro atoms. The molecule has 0 atom stereocenters. The highest BCUT2D eigenvalue weighted by Crippen LogP contribution is 2.23. The fourth-order valence-electron chi connectivity index (χ4n) is 3.96. The molecule has 1 N–H and O–H groups in total. The number of anilines is 1. The van der Waals surface area contributed by atoms with E-state index < -0.39 is 10.0 Å². The molecule has 4 aromatic rings. The number of hydrogen-bond donors (Lipinski definition) is 1. The number of para-hydroxylation sites is 1. The summed E-state index contributed by atoms with van der Waals surface area (Å²) < 4.78 is 33.4. The minimum atomic E-state index is -3.88. The Labute approximate surface area is 201 Å². The van der Waals surface area contributed by atoms with Gasteiger partial charge in [0.2, 0.25) is 0 Å². The summed E-state index contributed by atoms with van der Waals surface area (Å²) in [6.45, 7) is 1.53. The lowest BCUT2D eigenvalue weighted by Crippen LogP contribution is -2.50. The van der Waals surface area contributed by atoms with E-state index in [-0.39, 0.29) is 22.4 Å². The van der Waals surface area contributed by atoms with Gasteiger partial charge < -0.3 is 14.2 Å². The quantitative estimate of drug-likeness (QED) is 0.455. The average Bonchev–Trinajstić information content (AvgIpc) is 3.43. The number of aromatic nitrogens is 2. The van der Waals surface area contributed by atoms with Crippen LogP contribution in [-0.4, -0.2) is 66.2 Å². The highest BCUT2D eigenvalue weighted by Gasteiger charge is 2.26. The first-order chi connectivity index (χ1) is 16.9. The van der Waals surface area contributed by atoms with Crippen LogP contribution in [0, 0.1) is 0 Å². The van der Waals surface area contributed by atoms with E-state index >= 15 is 0 Å². The van der Waals surface area contributed by atoms with E-state index in [1.54, 1.807) is 64.5 Å². The van der Waals surface area contributed by atoms with Gasteiger partial charge in [-0.15, -0.1) is 0 Å². The minimum absolute atomic E-state index is 0.0776. The third-order valence-electron chi connectivity index (χ3n) is 5.77. The molecule has 1 fully saturated rings. The van der Waals surface area contributed by atoms with Crippen LogP contribution >= 0.6 is 0 Å². The Kier molecular flexibility index (Phi) is 5.91. The molecule has 35 heavy (non-hydrogen) atoms. The van der Waals surface area contributed by atoms with Crippen LogP contribution in [0.4, 0.5) is 5.69 Å². The number of piperazine rings is 1. The van der Waals surface area contributed by atoms with Gasteiger partial charge in [-0.2, -0.15) is 0 Å². The summed E-state index contributed by atoms with van der Waals surface area (Å²) in [5, 5.41) is 0.721. The van der Waals surface area contributed by atoms with Gasteiger partial charge in [-0.25, -0.2) is 13.4 Å². The number of carbonyl (C=O) groups excluding carboxylic acids is 2. The van der Waals surface area contributed by atoms with E-state index in [0.29, 0.717) is 42.9 Å². The molecule has 0 radical (unpaired) electrons.